The van der Waals surface area contributed by atoms with Crippen LogP contribution in [0.3, 0.4) is 0 Å². The van der Waals surface area contributed by atoms with E-state index in [1.807, 2.05) is 12.1 Å². The van der Waals surface area contributed by atoms with Crippen LogP contribution in [0.5, 0.6) is 5.75 Å². The maximum Gasteiger partial charge on any atom is 0.255 e. The van der Waals surface area contributed by atoms with Crippen LogP contribution in [-0.2, 0) is 22.6 Å². The van der Waals surface area contributed by atoms with Gasteiger partial charge in [0.1, 0.15) is 22.8 Å². The van der Waals surface area contributed by atoms with Crippen molar-refractivity contribution in [3.63, 3.8) is 0 Å². The van der Waals surface area contributed by atoms with E-state index < -0.39 is 58.0 Å². The summed E-state index contributed by atoms with van der Waals surface area (Å²) in [6, 6.07) is 11.3. The Bertz CT molecular complexity index is 1650. The predicted molar refractivity (Wildman–Crippen MR) is 163 cm³/mol. The molecule has 1 fully saturated rings. The molecule has 0 aromatic heterocycles. The topological polar surface area (TPSA) is 165 Å². The second-order valence-electron chi connectivity index (χ2n) is 13.1. The third kappa shape index (κ3) is 4.30. The number of likely N-dealkylation sites (tertiary alicyclic amines) is 1. The van der Waals surface area contributed by atoms with Crippen molar-refractivity contribution in [2.45, 2.75) is 69.8 Å². The van der Waals surface area contributed by atoms with E-state index >= 15 is 0 Å². The Kier molecular flexibility index (Phi) is 7.22. The molecule has 2 aromatic rings. The van der Waals surface area contributed by atoms with E-state index in [4.69, 9.17) is 5.73 Å². The van der Waals surface area contributed by atoms with Gasteiger partial charge in [-0.3, -0.25) is 24.2 Å². The highest BCUT2D eigenvalue weighted by Gasteiger charge is 2.63. The molecule has 1 saturated heterocycles. The maximum atomic E-state index is 14.1. The quantitative estimate of drug-likeness (QED) is 0.324. The second-order valence-corrected chi connectivity index (χ2v) is 13.1. The number of amides is 1. The normalized spacial score (nSPS) is 30.5. The van der Waals surface area contributed by atoms with Gasteiger partial charge in [-0.15, -0.1) is 0 Å². The summed E-state index contributed by atoms with van der Waals surface area (Å²) < 4.78 is 0. The first-order valence-electron chi connectivity index (χ1n) is 15.1. The minimum atomic E-state index is -2.66. The van der Waals surface area contributed by atoms with Gasteiger partial charge in [-0.05, 0) is 93.9 Å². The van der Waals surface area contributed by atoms with Crippen LogP contribution in [0.1, 0.15) is 54.6 Å². The highest BCUT2D eigenvalue weighted by atomic mass is 16.3. The van der Waals surface area contributed by atoms with Crippen LogP contribution in [0.25, 0.3) is 11.1 Å². The number of hydrogen-bond acceptors (Lipinski definition) is 9. The minimum Gasteiger partial charge on any atom is -0.510 e. The Morgan fingerprint density at radius 1 is 1.07 bits per heavy atom. The van der Waals surface area contributed by atoms with Gasteiger partial charge in [-0.2, -0.15) is 0 Å². The summed E-state index contributed by atoms with van der Waals surface area (Å²) in [5.74, 6) is -6.60. The van der Waals surface area contributed by atoms with Gasteiger partial charge in [0, 0.05) is 30.1 Å². The number of likely N-dealkylation sites (N-methyl/N-ethyl adjacent to an activating group) is 1. The zero-order valence-corrected chi connectivity index (χ0v) is 25.4. The first-order chi connectivity index (χ1) is 20.8. The number of allylic oxidation sites excluding steroid dienone is 1. The van der Waals surface area contributed by atoms with Crippen LogP contribution in [0, 0.1) is 11.8 Å². The summed E-state index contributed by atoms with van der Waals surface area (Å²) in [5, 5.41) is 45.2. The van der Waals surface area contributed by atoms with Crippen LogP contribution in [-0.4, -0.2) is 85.5 Å². The van der Waals surface area contributed by atoms with E-state index in [2.05, 4.69) is 30.9 Å². The van der Waals surface area contributed by atoms with Crippen LogP contribution >= 0.6 is 0 Å². The van der Waals surface area contributed by atoms with Crippen LogP contribution in [0.2, 0.25) is 0 Å². The lowest BCUT2D eigenvalue weighted by Gasteiger charge is -2.50. The summed E-state index contributed by atoms with van der Waals surface area (Å²) >= 11 is 0. The molecule has 232 valence electrons. The van der Waals surface area contributed by atoms with Crippen molar-refractivity contribution in [2.75, 3.05) is 14.1 Å². The molecule has 1 amide bonds. The SMILES string of the molecule is C[C@@H]1CC[C@@H](C)N1Cc1cccc(-c2ccc(O)c3c2C[C@H]2C[C@H]4[C@H](N(C)C)C(O)=C(C(N)=O)C(=O)[C@@]4(O)C(O)=C2C3=O)c1. The molecule has 0 bridgehead atoms. The van der Waals surface area contributed by atoms with Gasteiger partial charge in [0.15, 0.2) is 11.4 Å². The number of aliphatic hydroxyl groups excluding tert-OH is 2. The number of aromatic hydroxyl groups is 1. The molecule has 1 aliphatic heterocycles. The first kappa shape index (κ1) is 30.1. The van der Waals surface area contributed by atoms with Crippen molar-refractivity contribution in [3.05, 3.63) is 75.8 Å². The molecule has 1 heterocycles. The van der Waals surface area contributed by atoms with Crippen molar-refractivity contribution in [1.29, 1.82) is 0 Å². The Hall–Kier alpha value is -3.99. The highest BCUT2D eigenvalue weighted by Crippen LogP contribution is 2.53. The molecule has 6 N–H and O–H groups in total. The van der Waals surface area contributed by atoms with Crippen molar-refractivity contribution < 1.29 is 34.8 Å². The first-order valence-corrected chi connectivity index (χ1v) is 15.1. The Balaban J connectivity index is 1.45. The van der Waals surface area contributed by atoms with Crippen molar-refractivity contribution in [1.82, 2.24) is 9.80 Å². The smallest absolute Gasteiger partial charge is 0.255 e. The molecule has 44 heavy (non-hydrogen) atoms. The lowest BCUT2D eigenvalue weighted by molar-refractivity contribution is -0.148. The van der Waals surface area contributed by atoms with Gasteiger partial charge in [0.25, 0.3) is 5.91 Å². The molecule has 0 spiro atoms. The standard InChI is InChI=1S/C34H39N3O7/c1-16-8-9-17(2)37(16)15-18-6-5-7-19(12-18)21-10-11-24(38)26-22(21)13-20-14-23-28(36(3)4)30(40)27(33(35)43)32(42)34(23,44)31(41)25(20)29(26)39/h5-7,10-12,16-17,20,23,28,38,40-41,44H,8-9,13-15H2,1-4H3,(H2,35,43)/t16-,17-,20+,23+,28+,34+/m1/s1. The number of nitrogens with zero attached hydrogens (tertiary/aromatic N) is 2. The number of nitrogens with two attached hydrogens (primary N) is 1. The van der Waals surface area contributed by atoms with E-state index in [-0.39, 0.29) is 29.7 Å². The number of ketones is 2. The largest absolute Gasteiger partial charge is 0.510 e. The fraction of sp³-hybridized carbons (Fsp3) is 0.441. The second kappa shape index (κ2) is 10.6. The zero-order chi connectivity index (χ0) is 31.8. The number of phenols is 1. The van der Waals surface area contributed by atoms with Crippen LogP contribution in [0.4, 0.5) is 0 Å². The number of Topliss-reactive ketones (excluding diaryl/α,β-unsaturated/α-hetero) is 2. The van der Waals surface area contributed by atoms with Gasteiger partial charge >= 0.3 is 0 Å². The highest BCUT2D eigenvalue weighted by molar-refractivity contribution is 6.24. The van der Waals surface area contributed by atoms with Gasteiger partial charge in [-0.25, -0.2) is 0 Å². The number of primary amides is 1. The molecular formula is C34H39N3O7. The number of carbonyl (C=O) groups excluding carboxylic acids is 3. The zero-order valence-electron chi connectivity index (χ0n) is 25.4. The lowest BCUT2D eigenvalue weighted by Crippen LogP contribution is -2.63. The van der Waals surface area contributed by atoms with E-state index in [0.29, 0.717) is 17.6 Å². The Morgan fingerprint density at radius 2 is 1.75 bits per heavy atom. The molecule has 10 nitrogen and oxygen atoms in total. The van der Waals surface area contributed by atoms with Crippen molar-refractivity contribution >= 4 is 17.5 Å². The van der Waals surface area contributed by atoms with Crippen LogP contribution in [0.15, 0.2) is 59.1 Å². The number of benzene rings is 2. The fourth-order valence-electron chi connectivity index (χ4n) is 8.13. The summed E-state index contributed by atoms with van der Waals surface area (Å²) in [6.07, 6.45) is 2.60. The van der Waals surface area contributed by atoms with E-state index in [9.17, 15) is 34.8 Å². The summed E-state index contributed by atoms with van der Waals surface area (Å²) in [7, 11) is 3.22. The van der Waals surface area contributed by atoms with Crippen molar-refractivity contribution in [3.8, 4) is 16.9 Å². The number of carbonyl (C=O) groups is 3. The fourth-order valence-corrected chi connectivity index (χ4v) is 8.13. The molecule has 2 aromatic carbocycles. The van der Waals surface area contributed by atoms with E-state index in [1.165, 1.54) is 6.07 Å². The molecule has 0 radical (unpaired) electrons. The monoisotopic (exact) mass is 601 g/mol. The van der Waals surface area contributed by atoms with Gasteiger partial charge in [0.2, 0.25) is 5.78 Å². The predicted octanol–water partition coefficient (Wildman–Crippen LogP) is 3.16. The number of hydrogen-bond donors (Lipinski definition) is 5. The van der Waals surface area contributed by atoms with Gasteiger partial charge < -0.3 is 26.2 Å². The maximum absolute atomic E-state index is 14.1. The molecule has 0 unspecified atom stereocenters. The van der Waals surface area contributed by atoms with Crippen LogP contribution < -0.4 is 5.73 Å². The molecule has 4 aliphatic rings. The van der Waals surface area contributed by atoms with Crippen molar-refractivity contribution in [2.24, 2.45) is 17.6 Å². The number of fused-ring (bicyclic) bond motifs is 3. The molecule has 0 saturated carbocycles. The Labute approximate surface area is 256 Å². The molecule has 10 heteroatoms. The number of rotatable bonds is 5. The lowest BCUT2D eigenvalue weighted by atomic mass is 9.58. The summed E-state index contributed by atoms with van der Waals surface area (Å²) in [6.45, 7) is 5.28. The number of aliphatic hydroxyl groups is 3. The average molecular weight is 602 g/mol. The van der Waals surface area contributed by atoms with E-state index in [0.717, 1.165) is 36.1 Å². The molecule has 6 atom stereocenters. The van der Waals surface area contributed by atoms with Gasteiger partial charge in [0.05, 0.1) is 11.6 Å². The Morgan fingerprint density at radius 3 is 2.39 bits per heavy atom. The summed E-state index contributed by atoms with van der Waals surface area (Å²) in [5.41, 5.74) is 5.20. The third-order valence-electron chi connectivity index (χ3n) is 10.3. The van der Waals surface area contributed by atoms with Gasteiger partial charge in [-0.1, -0.05) is 24.3 Å². The summed E-state index contributed by atoms with van der Waals surface area (Å²) in [4.78, 5) is 43.8. The van der Waals surface area contributed by atoms with E-state index in [1.54, 1.807) is 25.1 Å². The third-order valence-corrected chi connectivity index (χ3v) is 10.3. The average Bonchev–Trinajstić information content (AvgIpc) is 3.27. The minimum absolute atomic E-state index is 0.00970. The molecular weight excluding hydrogens is 562 g/mol. The molecule has 3 aliphatic carbocycles. The number of phenolic OH excluding ortho intramolecular Hbond substituents is 1. The molecule has 6 rings (SSSR count).